The largest absolute Gasteiger partial charge is 0.496 e. The van der Waals surface area contributed by atoms with Crippen LogP contribution in [0.1, 0.15) is 12.5 Å². The zero-order valence-corrected chi connectivity index (χ0v) is 15.3. The lowest BCUT2D eigenvalue weighted by molar-refractivity contribution is -0.141. The molecule has 1 unspecified atom stereocenters. The minimum atomic E-state index is -0.809. The Balaban J connectivity index is 1.98. The van der Waals surface area contributed by atoms with E-state index in [1.54, 1.807) is 14.0 Å². The van der Waals surface area contributed by atoms with Crippen LogP contribution in [0.4, 0.5) is 5.69 Å². The van der Waals surface area contributed by atoms with Gasteiger partial charge in [0.2, 0.25) is 5.89 Å². The molecule has 0 spiro atoms. The summed E-state index contributed by atoms with van der Waals surface area (Å²) in [6.07, 6.45) is 0.453. The van der Waals surface area contributed by atoms with E-state index in [0.717, 1.165) is 16.8 Å². The molecule has 0 aliphatic rings. The molecule has 0 fully saturated rings. The lowest BCUT2D eigenvalue weighted by Gasteiger charge is -2.14. The number of aromatic nitrogens is 1. The van der Waals surface area contributed by atoms with E-state index in [2.05, 4.69) is 4.98 Å². The van der Waals surface area contributed by atoms with Gasteiger partial charge in [-0.15, -0.1) is 0 Å². The molecule has 1 heterocycles. The van der Waals surface area contributed by atoms with Gasteiger partial charge in [-0.2, -0.15) is 0 Å². The molecular formula is C20H22N2O4. The van der Waals surface area contributed by atoms with Crippen LogP contribution in [-0.4, -0.2) is 37.3 Å². The number of ether oxygens (including phenoxy) is 1. The van der Waals surface area contributed by atoms with Gasteiger partial charge in [0.05, 0.1) is 18.6 Å². The number of methoxy groups -OCH3 is 1. The number of aliphatic carboxylic acids is 1. The van der Waals surface area contributed by atoms with Gasteiger partial charge >= 0.3 is 5.97 Å². The van der Waals surface area contributed by atoms with Gasteiger partial charge in [-0.3, -0.25) is 4.79 Å². The fourth-order valence-electron chi connectivity index (χ4n) is 2.79. The van der Waals surface area contributed by atoms with Crippen molar-refractivity contribution in [3.63, 3.8) is 0 Å². The highest BCUT2D eigenvalue weighted by atomic mass is 16.5. The van der Waals surface area contributed by atoms with Gasteiger partial charge in [-0.1, -0.05) is 13.0 Å². The van der Waals surface area contributed by atoms with Gasteiger partial charge in [0.1, 0.15) is 11.3 Å². The van der Waals surface area contributed by atoms with E-state index < -0.39 is 11.9 Å². The van der Waals surface area contributed by atoms with Gasteiger partial charge in [0.25, 0.3) is 0 Å². The standard InChI is InChI=1S/C20H22N2O4/c1-12(20(23)24)9-13-5-8-17-16(10-13)21-19(26-17)15-7-6-14(22(2)3)11-18(15)25-4/h5-8,10-12H,9H2,1-4H3,(H,23,24). The Bertz CT molecular complexity index is 946. The molecule has 1 atom stereocenters. The maximum Gasteiger partial charge on any atom is 0.306 e. The molecule has 0 saturated heterocycles. The number of carboxylic acids is 1. The normalized spacial score (nSPS) is 12.2. The first-order valence-electron chi connectivity index (χ1n) is 8.37. The van der Waals surface area contributed by atoms with Crippen molar-refractivity contribution in [1.29, 1.82) is 0 Å². The zero-order valence-electron chi connectivity index (χ0n) is 15.3. The van der Waals surface area contributed by atoms with Gasteiger partial charge in [-0.25, -0.2) is 4.98 Å². The minimum absolute atomic E-state index is 0.447. The van der Waals surface area contributed by atoms with Crippen molar-refractivity contribution in [2.24, 2.45) is 5.92 Å². The fraction of sp³-hybridized carbons (Fsp3) is 0.300. The van der Waals surface area contributed by atoms with E-state index in [0.29, 0.717) is 29.2 Å². The molecule has 1 N–H and O–H groups in total. The summed E-state index contributed by atoms with van der Waals surface area (Å²) in [5, 5.41) is 9.08. The maximum absolute atomic E-state index is 11.1. The van der Waals surface area contributed by atoms with Crippen molar-refractivity contribution >= 4 is 22.8 Å². The Morgan fingerprint density at radius 2 is 2.04 bits per heavy atom. The molecule has 1 aromatic heterocycles. The van der Waals surface area contributed by atoms with Crippen LogP contribution >= 0.6 is 0 Å². The maximum atomic E-state index is 11.1. The van der Waals surface area contributed by atoms with E-state index >= 15 is 0 Å². The van der Waals surface area contributed by atoms with Crippen molar-refractivity contribution < 1.29 is 19.1 Å². The number of nitrogens with zero attached hydrogens (tertiary/aromatic N) is 2. The Kier molecular flexibility index (Phi) is 4.84. The summed E-state index contributed by atoms with van der Waals surface area (Å²) in [7, 11) is 5.55. The predicted octanol–water partition coefficient (Wildman–Crippen LogP) is 3.83. The van der Waals surface area contributed by atoms with Gasteiger partial charge in [-0.05, 0) is 36.2 Å². The molecule has 0 radical (unpaired) electrons. The summed E-state index contributed by atoms with van der Waals surface area (Å²) >= 11 is 0. The molecule has 0 aliphatic carbocycles. The number of anilines is 1. The monoisotopic (exact) mass is 354 g/mol. The second kappa shape index (κ2) is 7.07. The van der Waals surface area contributed by atoms with Crippen molar-refractivity contribution in [3.05, 3.63) is 42.0 Å². The van der Waals surface area contributed by atoms with E-state index in [1.165, 1.54) is 0 Å². The zero-order chi connectivity index (χ0) is 18.8. The topological polar surface area (TPSA) is 75.8 Å². The average molecular weight is 354 g/mol. The van der Waals surface area contributed by atoms with Gasteiger partial charge in [0.15, 0.2) is 5.58 Å². The third kappa shape index (κ3) is 3.49. The first-order chi connectivity index (χ1) is 12.4. The number of benzene rings is 2. The molecular weight excluding hydrogens is 332 g/mol. The van der Waals surface area contributed by atoms with Crippen LogP contribution < -0.4 is 9.64 Å². The van der Waals surface area contributed by atoms with Gasteiger partial charge < -0.3 is 19.2 Å². The van der Waals surface area contributed by atoms with Crippen LogP contribution in [0.5, 0.6) is 5.75 Å². The Morgan fingerprint density at radius 1 is 1.27 bits per heavy atom. The Morgan fingerprint density at radius 3 is 2.69 bits per heavy atom. The molecule has 3 rings (SSSR count). The molecule has 0 saturated carbocycles. The summed E-state index contributed by atoms with van der Waals surface area (Å²) in [6, 6.07) is 11.4. The Labute approximate surface area is 152 Å². The third-order valence-electron chi connectivity index (χ3n) is 4.35. The predicted molar refractivity (Wildman–Crippen MR) is 101 cm³/mol. The van der Waals surface area contributed by atoms with Crippen LogP contribution in [-0.2, 0) is 11.2 Å². The lowest BCUT2D eigenvalue weighted by Crippen LogP contribution is -2.12. The first kappa shape index (κ1) is 17.8. The SMILES string of the molecule is COc1cc(N(C)C)ccc1-c1nc2cc(CC(C)C(=O)O)ccc2o1. The highest BCUT2D eigenvalue weighted by molar-refractivity contribution is 5.79. The Hall–Kier alpha value is -3.02. The molecule has 0 amide bonds. The number of oxazole rings is 1. The number of hydrogen-bond acceptors (Lipinski definition) is 5. The second-order valence-electron chi connectivity index (χ2n) is 6.54. The van der Waals surface area contributed by atoms with Crippen LogP contribution in [0.15, 0.2) is 40.8 Å². The molecule has 6 nitrogen and oxygen atoms in total. The average Bonchev–Trinajstić information content (AvgIpc) is 3.03. The second-order valence-corrected chi connectivity index (χ2v) is 6.54. The summed E-state index contributed by atoms with van der Waals surface area (Å²) in [4.78, 5) is 17.6. The highest BCUT2D eigenvalue weighted by Gasteiger charge is 2.16. The van der Waals surface area contributed by atoms with Crippen molar-refractivity contribution in [1.82, 2.24) is 4.98 Å². The quantitative estimate of drug-likeness (QED) is 0.725. The van der Waals surface area contributed by atoms with Gasteiger partial charge in [0, 0.05) is 25.8 Å². The van der Waals surface area contributed by atoms with Crippen molar-refractivity contribution in [2.45, 2.75) is 13.3 Å². The first-order valence-corrected chi connectivity index (χ1v) is 8.37. The number of hydrogen-bond donors (Lipinski definition) is 1. The number of fused-ring (bicyclic) bond motifs is 1. The van der Waals surface area contributed by atoms with Crippen LogP contribution in [0.3, 0.4) is 0 Å². The molecule has 3 aromatic rings. The molecule has 6 heteroatoms. The smallest absolute Gasteiger partial charge is 0.306 e. The van der Waals surface area contributed by atoms with Crippen molar-refractivity contribution in [2.75, 3.05) is 26.1 Å². The van der Waals surface area contributed by atoms with E-state index in [4.69, 9.17) is 14.3 Å². The summed E-state index contributed by atoms with van der Waals surface area (Å²) in [5.74, 6) is -0.0952. The molecule has 136 valence electrons. The van der Waals surface area contributed by atoms with Crippen LogP contribution in [0, 0.1) is 5.92 Å². The summed E-state index contributed by atoms with van der Waals surface area (Å²) in [5.41, 5.74) is 4.07. The minimum Gasteiger partial charge on any atom is -0.496 e. The third-order valence-corrected chi connectivity index (χ3v) is 4.35. The van der Waals surface area contributed by atoms with E-state index in [-0.39, 0.29) is 0 Å². The summed E-state index contributed by atoms with van der Waals surface area (Å²) in [6.45, 7) is 1.69. The fourth-order valence-corrected chi connectivity index (χ4v) is 2.79. The lowest BCUT2D eigenvalue weighted by atomic mass is 10.0. The van der Waals surface area contributed by atoms with Crippen LogP contribution in [0.25, 0.3) is 22.6 Å². The highest BCUT2D eigenvalue weighted by Crippen LogP contribution is 2.34. The molecule has 2 aromatic carbocycles. The molecule has 26 heavy (non-hydrogen) atoms. The number of carbonyl (C=O) groups is 1. The number of carboxylic acid groups (broad SMARTS) is 1. The summed E-state index contributed by atoms with van der Waals surface area (Å²) < 4.78 is 11.4. The van der Waals surface area contributed by atoms with E-state index in [1.807, 2.05) is 55.4 Å². The molecule has 0 aliphatic heterocycles. The number of rotatable bonds is 6. The van der Waals surface area contributed by atoms with Crippen molar-refractivity contribution in [3.8, 4) is 17.2 Å². The van der Waals surface area contributed by atoms with E-state index in [9.17, 15) is 4.79 Å². The molecule has 0 bridgehead atoms. The van der Waals surface area contributed by atoms with Crippen LogP contribution in [0.2, 0.25) is 0 Å².